The summed E-state index contributed by atoms with van der Waals surface area (Å²) < 4.78 is 11.6. The van der Waals surface area contributed by atoms with Gasteiger partial charge >= 0.3 is 6.09 Å². The van der Waals surface area contributed by atoms with Crippen LogP contribution in [0.3, 0.4) is 0 Å². The van der Waals surface area contributed by atoms with Gasteiger partial charge in [0, 0.05) is 18.6 Å². The number of nitrogens with one attached hydrogen (secondary N) is 1. The van der Waals surface area contributed by atoms with E-state index in [-0.39, 0.29) is 17.2 Å². The zero-order chi connectivity index (χ0) is 14.4. The largest absolute Gasteiger partial charge is 0.444 e. The molecular formula is C15H26N2O3. The summed E-state index contributed by atoms with van der Waals surface area (Å²) in [5.41, 5.74) is -0.392. The van der Waals surface area contributed by atoms with Gasteiger partial charge in [0.2, 0.25) is 0 Å². The van der Waals surface area contributed by atoms with E-state index in [2.05, 4.69) is 5.32 Å². The molecule has 0 bridgehead atoms. The average molecular weight is 282 g/mol. The number of carbonyl (C=O) groups is 1. The van der Waals surface area contributed by atoms with E-state index in [0.717, 1.165) is 26.1 Å². The minimum absolute atomic E-state index is 0.197. The zero-order valence-electron chi connectivity index (χ0n) is 12.8. The standard InChI is InChI=1S/C15H26N2O3/c1-13(2,3)20-12(18)17-8-7-15(10-17)9-16-14(11-19-15)5-4-6-14/h16H,4-11H2,1-3H3. The van der Waals surface area contributed by atoms with Crippen LogP contribution in [0.4, 0.5) is 4.79 Å². The second kappa shape index (κ2) is 4.60. The summed E-state index contributed by atoms with van der Waals surface area (Å²) >= 11 is 0. The lowest BCUT2D eigenvalue weighted by Gasteiger charge is -2.50. The Morgan fingerprint density at radius 1 is 1.30 bits per heavy atom. The molecule has 2 heterocycles. The maximum atomic E-state index is 12.1. The SMILES string of the molecule is CC(C)(C)OC(=O)N1CCC2(CNC3(CCC3)CO2)C1. The van der Waals surface area contributed by atoms with Crippen LogP contribution in [0.15, 0.2) is 0 Å². The first-order chi connectivity index (χ1) is 9.32. The van der Waals surface area contributed by atoms with Gasteiger partial charge in [0.05, 0.1) is 18.8 Å². The fourth-order valence-corrected chi connectivity index (χ4v) is 3.26. The summed E-state index contributed by atoms with van der Waals surface area (Å²) in [6.45, 7) is 8.71. The highest BCUT2D eigenvalue weighted by molar-refractivity contribution is 5.68. The first-order valence-corrected chi connectivity index (χ1v) is 7.69. The van der Waals surface area contributed by atoms with Crippen molar-refractivity contribution in [2.75, 3.05) is 26.2 Å². The Hall–Kier alpha value is -0.810. The fourth-order valence-electron chi connectivity index (χ4n) is 3.26. The first-order valence-electron chi connectivity index (χ1n) is 7.69. The average Bonchev–Trinajstić information content (AvgIpc) is 2.71. The maximum absolute atomic E-state index is 12.1. The number of ether oxygens (including phenoxy) is 2. The smallest absolute Gasteiger partial charge is 0.410 e. The molecule has 20 heavy (non-hydrogen) atoms. The number of rotatable bonds is 0. The summed E-state index contributed by atoms with van der Waals surface area (Å²) in [4.78, 5) is 13.9. The highest BCUT2D eigenvalue weighted by atomic mass is 16.6. The Labute approximate surface area is 121 Å². The van der Waals surface area contributed by atoms with Crippen LogP contribution in [0.5, 0.6) is 0 Å². The lowest BCUT2D eigenvalue weighted by molar-refractivity contribution is -0.119. The van der Waals surface area contributed by atoms with Gasteiger partial charge in [0.1, 0.15) is 5.60 Å². The van der Waals surface area contributed by atoms with Crippen molar-refractivity contribution in [2.24, 2.45) is 0 Å². The van der Waals surface area contributed by atoms with Crippen molar-refractivity contribution in [3.05, 3.63) is 0 Å². The van der Waals surface area contributed by atoms with Crippen LogP contribution < -0.4 is 5.32 Å². The third kappa shape index (κ3) is 2.66. The fraction of sp³-hybridized carbons (Fsp3) is 0.933. The van der Waals surface area contributed by atoms with Gasteiger partial charge in [-0.05, 0) is 46.5 Å². The molecule has 114 valence electrons. The minimum atomic E-state index is -0.436. The number of morpholine rings is 1. The minimum Gasteiger partial charge on any atom is -0.444 e. The number of likely N-dealkylation sites (tertiary alicyclic amines) is 1. The summed E-state index contributed by atoms with van der Waals surface area (Å²) in [5, 5.41) is 3.67. The predicted molar refractivity (Wildman–Crippen MR) is 75.7 cm³/mol. The molecule has 2 aliphatic heterocycles. The van der Waals surface area contributed by atoms with Gasteiger partial charge in [-0.15, -0.1) is 0 Å². The molecule has 2 saturated heterocycles. The normalized spacial score (nSPS) is 32.5. The van der Waals surface area contributed by atoms with Gasteiger partial charge in [-0.3, -0.25) is 0 Å². The molecule has 1 aliphatic carbocycles. The van der Waals surface area contributed by atoms with Crippen molar-refractivity contribution in [3.8, 4) is 0 Å². The Morgan fingerprint density at radius 2 is 2.05 bits per heavy atom. The van der Waals surface area contributed by atoms with Gasteiger partial charge < -0.3 is 19.7 Å². The van der Waals surface area contributed by atoms with Crippen molar-refractivity contribution in [2.45, 2.75) is 63.2 Å². The molecule has 0 aromatic heterocycles. The monoisotopic (exact) mass is 282 g/mol. The molecule has 0 aromatic rings. The molecule has 1 N–H and O–H groups in total. The molecule has 5 heteroatoms. The van der Waals surface area contributed by atoms with E-state index in [4.69, 9.17) is 9.47 Å². The molecule has 3 aliphatic rings. The Morgan fingerprint density at radius 3 is 2.55 bits per heavy atom. The molecule has 3 rings (SSSR count). The van der Waals surface area contributed by atoms with E-state index >= 15 is 0 Å². The van der Waals surface area contributed by atoms with Crippen LogP contribution in [-0.4, -0.2) is 54.0 Å². The van der Waals surface area contributed by atoms with Gasteiger partial charge in [0.15, 0.2) is 0 Å². The topological polar surface area (TPSA) is 50.8 Å². The number of hydrogen-bond donors (Lipinski definition) is 1. The summed E-state index contributed by atoms with van der Waals surface area (Å²) in [5.74, 6) is 0. The van der Waals surface area contributed by atoms with E-state index in [1.165, 1.54) is 19.3 Å². The van der Waals surface area contributed by atoms with E-state index in [0.29, 0.717) is 6.54 Å². The molecule has 2 spiro atoms. The third-order valence-electron chi connectivity index (χ3n) is 4.72. The molecule has 1 atom stereocenters. The van der Waals surface area contributed by atoms with Gasteiger partial charge in [-0.25, -0.2) is 4.79 Å². The third-order valence-corrected chi connectivity index (χ3v) is 4.72. The van der Waals surface area contributed by atoms with Crippen LogP contribution in [0.2, 0.25) is 0 Å². The van der Waals surface area contributed by atoms with Crippen molar-refractivity contribution >= 4 is 6.09 Å². The highest BCUT2D eigenvalue weighted by Gasteiger charge is 2.50. The first kappa shape index (κ1) is 14.1. The van der Waals surface area contributed by atoms with E-state index in [1.807, 2.05) is 20.8 Å². The zero-order valence-corrected chi connectivity index (χ0v) is 12.8. The second-order valence-corrected chi connectivity index (χ2v) is 7.61. The van der Waals surface area contributed by atoms with Crippen molar-refractivity contribution in [3.63, 3.8) is 0 Å². The second-order valence-electron chi connectivity index (χ2n) is 7.61. The summed E-state index contributed by atoms with van der Waals surface area (Å²) in [6.07, 6.45) is 4.42. The number of nitrogens with zero attached hydrogens (tertiary/aromatic N) is 1. The summed E-state index contributed by atoms with van der Waals surface area (Å²) in [6, 6.07) is 0. The van der Waals surface area contributed by atoms with Crippen LogP contribution in [0.25, 0.3) is 0 Å². The van der Waals surface area contributed by atoms with Crippen LogP contribution in [0, 0.1) is 0 Å². The van der Waals surface area contributed by atoms with Crippen molar-refractivity contribution in [1.82, 2.24) is 10.2 Å². The van der Waals surface area contributed by atoms with Gasteiger partial charge in [-0.1, -0.05) is 0 Å². The van der Waals surface area contributed by atoms with Crippen LogP contribution >= 0.6 is 0 Å². The van der Waals surface area contributed by atoms with E-state index in [1.54, 1.807) is 4.90 Å². The number of hydrogen-bond acceptors (Lipinski definition) is 4. The number of carbonyl (C=O) groups excluding carboxylic acids is 1. The van der Waals surface area contributed by atoms with Crippen molar-refractivity contribution < 1.29 is 14.3 Å². The van der Waals surface area contributed by atoms with Gasteiger partial charge in [-0.2, -0.15) is 0 Å². The lowest BCUT2D eigenvalue weighted by Crippen LogP contribution is -2.65. The Balaban J connectivity index is 1.55. The van der Waals surface area contributed by atoms with Crippen LogP contribution in [-0.2, 0) is 9.47 Å². The predicted octanol–water partition coefficient (Wildman–Crippen LogP) is 1.91. The molecule has 0 aromatic carbocycles. The molecule has 5 nitrogen and oxygen atoms in total. The van der Waals surface area contributed by atoms with Crippen LogP contribution in [0.1, 0.15) is 46.5 Å². The van der Waals surface area contributed by atoms with Crippen molar-refractivity contribution in [1.29, 1.82) is 0 Å². The quantitative estimate of drug-likeness (QED) is 0.737. The Kier molecular flexibility index (Phi) is 3.25. The molecule has 1 amide bonds. The lowest BCUT2D eigenvalue weighted by atomic mass is 9.75. The van der Waals surface area contributed by atoms with Gasteiger partial charge in [0.25, 0.3) is 0 Å². The molecule has 3 fully saturated rings. The molecule has 0 radical (unpaired) electrons. The number of amides is 1. The Bertz CT molecular complexity index is 388. The molecular weight excluding hydrogens is 256 g/mol. The van der Waals surface area contributed by atoms with E-state index < -0.39 is 5.60 Å². The maximum Gasteiger partial charge on any atom is 0.410 e. The molecule has 1 saturated carbocycles. The summed E-state index contributed by atoms with van der Waals surface area (Å²) in [7, 11) is 0. The highest BCUT2D eigenvalue weighted by Crippen LogP contribution is 2.39. The molecule has 1 unspecified atom stereocenters. The van der Waals surface area contributed by atoms with E-state index in [9.17, 15) is 4.79 Å².